The Labute approximate surface area is 169 Å². The number of hydrogen-bond donors (Lipinski definition) is 0. The third kappa shape index (κ3) is 4.21. The predicted molar refractivity (Wildman–Crippen MR) is 108 cm³/mol. The van der Waals surface area contributed by atoms with Gasteiger partial charge in [0, 0.05) is 37.7 Å². The first kappa shape index (κ1) is 18.6. The Balaban J connectivity index is 1.35. The molecule has 27 heavy (non-hydrogen) atoms. The molecule has 0 bridgehead atoms. The second kappa shape index (κ2) is 8.06. The maximum absolute atomic E-state index is 13.2. The predicted octanol–water partition coefficient (Wildman–Crippen LogP) is 4.62. The normalized spacial score (nSPS) is 15.3. The summed E-state index contributed by atoms with van der Waals surface area (Å²) in [5, 5.41) is 3.34. The summed E-state index contributed by atoms with van der Waals surface area (Å²) < 4.78 is 13.2. The van der Waals surface area contributed by atoms with Crippen LogP contribution in [-0.2, 0) is 6.54 Å². The van der Waals surface area contributed by atoms with Gasteiger partial charge in [0.25, 0.3) is 5.91 Å². The lowest BCUT2D eigenvalue weighted by Crippen LogP contribution is -2.48. The summed E-state index contributed by atoms with van der Waals surface area (Å²) in [4.78, 5) is 23.0. The second-order valence-electron chi connectivity index (χ2n) is 6.31. The van der Waals surface area contributed by atoms with Gasteiger partial charge < -0.3 is 4.90 Å². The molecule has 0 unspecified atom stereocenters. The first-order valence-electron chi connectivity index (χ1n) is 8.55. The van der Waals surface area contributed by atoms with Gasteiger partial charge in [-0.25, -0.2) is 9.37 Å². The highest BCUT2D eigenvalue weighted by atomic mass is 35.5. The number of amides is 1. The Bertz CT molecular complexity index is 936. The molecule has 140 valence electrons. The third-order valence-electron chi connectivity index (χ3n) is 4.52. The molecule has 0 atom stereocenters. The topological polar surface area (TPSA) is 36.4 Å². The van der Waals surface area contributed by atoms with E-state index in [9.17, 15) is 9.18 Å². The van der Waals surface area contributed by atoms with Gasteiger partial charge in [-0.05, 0) is 29.1 Å². The van der Waals surface area contributed by atoms with Crippen molar-refractivity contribution >= 4 is 40.2 Å². The molecular formula is C19H17ClFN3OS2. The molecule has 1 amide bonds. The lowest BCUT2D eigenvalue weighted by molar-refractivity contribution is 0.0633. The summed E-state index contributed by atoms with van der Waals surface area (Å²) in [6, 6.07) is 8.48. The molecule has 3 aromatic rings. The Kier molecular flexibility index (Phi) is 5.54. The maximum Gasteiger partial charge on any atom is 0.265 e. The molecule has 0 N–H and O–H groups in total. The van der Waals surface area contributed by atoms with Gasteiger partial charge in [-0.15, -0.1) is 22.7 Å². The Morgan fingerprint density at radius 1 is 1.22 bits per heavy atom. The molecular weight excluding hydrogens is 405 g/mol. The molecule has 3 heterocycles. The summed E-state index contributed by atoms with van der Waals surface area (Å²) in [6.45, 7) is 3.49. The Hall–Kier alpha value is -1.80. The fraction of sp³-hybridized carbons (Fsp3) is 0.263. The maximum atomic E-state index is 13.2. The summed E-state index contributed by atoms with van der Waals surface area (Å²) in [5.74, 6) is -0.291. The highest BCUT2D eigenvalue weighted by Crippen LogP contribution is 2.29. The van der Waals surface area contributed by atoms with Crippen LogP contribution in [0.5, 0.6) is 0 Å². The van der Waals surface area contributed by atoms with Gasteiger partial charge in [0.2, 0.25) is 0 Å². The van der Waals surface area contributed by atoms with Crippen molar-refractivity contribution in [1.29, 1.82) is 0 Å². The van der Waals surface area contributed by atoms with E-state index >= 15 is 0 Å². The van der Waals surface area contributed by atoms with Gasteiger partial charge >= 0.3 is 0 Å². The Morgan fingerprint density at radius 3 is 2.74 bits per heavy atom. The zero-order chi connectivity index (χ0) is 18.8. The van der Waals surface area contributed by atoms with Crippen LogP contribution in [0.25, 0.3) is 9.88 Å². The molecule has 1 fully saturated rings. The van der Waals surface area contributed by atoms with Crippen molar-refractivity contribution in [2.45, 2.75) is 6.54 Å². The molecule has 1 saturated heterocycles. The van der Waals surface area contributed by atoms with Gasteiger partial charge in [-0.3, -0.25) is 9.69 Å². The van der Waals surface area contributed by atoms with Crippen molar-refractivity contribution < 1.29 is 9.18 Å². The van der Waals surface area contributed by atoms with Crippen LogP contribution in [0.4, 0.5) is 4.39 Å². The fourth-order valence-electron chi connectivity index (χ4n) is 3.04. The van der Waals surface area contributed by atoms with E-state index in [2.05, 4.69) is 9.88 Å². The third-order valence-corrected chi connectivity index (χ3v) is 6.89. The van der Waals surface area contributed by atoms with E-state index in [0.717, 1.165) is 28.5 Å². The van der Waals surface area contributed by atoms with Gasteiger partial charge in [0.1, 0.15) is 15.7 Å². The second-order valence-corrected chi connectivity index (χ2v) is 8.70. The van der Waals surface area contributed by atoms with Gasteiger partial charge in [-0.1, -0.05) is 23.7 Å². The SMILES string of the molecule is O=C(c1cnc(-c2cccs2)s1)N1CCN(Cc2ccc(F)cc2Cl)CC1. The molecule has 1 aliphatic rings. The zero-order valence-corrected chi connectivity index (χ0v) is 16.8. The summed E-state index contributed by atoms with van der Waals surface area (Å²) in [7, 11) is 0. The zero-order valence-electron chi connectivity index (χ0n) is 14.4. The van der Waals surface area contributed by atoms with E-state index in [0.29, 0.717) is 29.5 Å². The number of carbonyl (C=O) groups excluding carboxylic acids is 1. The van der Waals surface area contributed by atoms with Crippen LogP contribution in [0.3, 0.4) is 0 Å². The molecule has 0 aliphatic carbocycles. The standard InChI is InChI=1S/C19H17ClFN3OS2/c20-15-10-14(21)4-3-13(15)12-23-5-7-24(8-6-23)19(25)17-11-22-18(27-17)16-2-1-9-26-16/h1-4,9-11H,5-8,12H2. The molecule has 1 aliphatic heterocycles. The first-order valence-corrected chi connectivity index (χ1v) is 10.6. The number of rotatable bonds is 4. The van der Waals surface area contributed by atoms with Gasteiger partial charge in [0.05, 0.1) is 11.1 Å². The molecule has 4 nitrogen and oxygen atoms in total. The monoisotopic (exact) mass is 421 g/mol. The van der Waals surface area contributed by atoms with Crippen LogP contribution in [0.15, 0.2) is 41.9 Å². The van der Waals surface area contributed by atoms with E-state index in [1.807, 2.05) is 22.4 Å². The van der Waals surface area contributed by atoms with Crippen molar-refractivity contribution in [3.8, 4) is 9.88 Å². The van der Waals surface area contributed by atoms with Crippen molar-refractivity contribution in [2.75, 3.05) is 26.2 Å². The minimum atomic E-state index is -0.328. The number of aromatic nitrogens is 1. The molecule has 1 aromatic carbocycles. The minimum absolute atomic E-state index is 0.0368. The van der Waals surface area contributed by atoms with Crippen molar-refractivity contribution in [3.05, 3.63) is 63.2 Å². The van der Waals surface area contributed by atoms with Crippen LogP contribution in [0.2, 0.25) is 5.02 Å². The Morgan fingerprint density at radius 2 is 2.04 bits per heavy atom. The quantitative estimate of drug-likeness (QED) is 0.616. The number of halogens is 2. The smallest absolute Gasteiger partial charge is 0.265 e. The molecule has 4 rings (SSSR count). The first-order chi connectivity index (χ1) is 13.1. The summed E-state index contributed by atoms with van der Waals surface area (Å²) >= 11 is 9.18. The molecule has 0 radical (unpaired) electrons. The van der Waals surface area contributed by atoms with Crippen LogP contribution in [-0.4, -0.2) is 46.9 Å². The largest absolute Gasteiger partial charge is 0.335 e. The highest BCUT2D eigenvalue weighted by Gasteiger charge is 2.24. The number of carbonyl (C=O) groups is 1. The van der Waals surface area contributed by atoms with E-state index in [1.54, 1.807) is 23.6 Å². The molecule has 8 heteroatoms. The number of benzene rings is 1. The molecule has 2 aromatic heterocycles. The number of piperazine rings is 1. The highest BCUT2D eigenvalue weighted by molar-refractivity contribution is 7.21. The number of thiazole rings is 1. The lowest BCUT2D eigenvalue weighted by atomic mass is 10.2. The summed E-state index contributed by atoms with van der Waals surface area (Å²) in [6.07, 6.45) is 1.67. The van der Waals surface area contributed by atoms with Gasteiger partial charge in [-0.2, -0.15) is 0 Å². The molecule has 0 spiro atoms. The van der Waals surface area contributed by atoms with Gasteiger partial charge in [0.15, 0.2) is 0 Å². The van der Waals surface area contributed by atoms with Crippen LogP contribution >= 0.6 is 34.3 Å². The van der Waals surface area contributed by atoms with Crippen molar-refractivity contribution in [2.24, 2.45) is 0 Å². The van der Waals surface area contributed by atoms with E-state index in [-0.39, 0.29) is 11.7 Å². The number of nitrogens with zero attached hydrogens (tertiary/aromatic N) is 3. The number of hydrogen-bond acceptors (Lipinski definition) is 5. The average Bonchev–Trinajstić information content (AvgIpc) is 3.35. The lowest BCUT2D eigenvalue weighted by Gasteiger charge is -2.34. The minimum Gasteiger partial charge on any atom is -0.335 e. The van der Waals surface area contributed by atoms with E-state index in [1.165, 1.54) is 23.5 Å². The van der Waals surface area contributed by atoms with E-state index < -0.39 is 0 Å². The average molecular weight is 422 g/mol. The molecule has 0 saturated carbocycles. The fourth-order valence-corrected chi connectivity index (χ4v) is 4.96. The summed E-state index contributed by atoms with van der Waals surface area (Å²) in [5.41, 5.74) is 0.904. The van der Waals surface area contributed by atoms with Crippen LogP contribution in [0, 0.1) is 5.82 Å². The van der Waals surface area contributed by atoms with E-state index in [4.69, 9.17) is 11.6 Å². The van der Waals surface area contributed by atoms with Crippen LogP contribution < -0.4 is 0 Å². The van der Waals surface area contributed by atoms with Crippen LogP contribution in [0.1, 0.15) is 15.2 Å². The van der Waals surface area contributed by atoms with Crippen molar-refractivity contribution in [1.82, 2.24) is 14.8 Å². The number of thiophene rings is 1. The van der Waals surface area contributed by atoms with Crippen molar-refractivity contribution in [3.63, 3.8) is 0 Å².